The molecule has 1 aliphatic rings. The van der Waals surface area contributed by atoms with Gasteiger partial charge in [0, 0.05) is 18.5 Å². The number of rotatable bonds is 2. The van der Waals surface area contributed by atoms with Gasteiger partial charge in [0.15, 0.2) is 0 Å². The van der Waals surface area contributed by atoms with E-state index in [1.165, 1.54) is 12.8 Å². The highest BCUT2D eigenvalue weighted by atomic mass is 35.5. The van der Waals surface area contributed by atoms with Crippen LogP contribution in [0, 0.1) is 11.7 Å². The summed E-state index contributed by atoms with van der Waals surface area (Å²) in [6.07, 6.45) is 3.44. The Morgan fingerprint density at radius 3 is 2.81 bits per heavy atom. The molecule has 0 amide bonds. The van der Waals surface area contributed by atoms with Crippen molar-refractivity contribution < 1.29 is 4.39 Å². The Kier molecular flexibility index (Phi) is 3.66. The number of nitrogens with zero attached hydrogens (tertiary/aromatic N) is 2. The van der Waals surface area contributed by atoms with E-state index in [9.17, 15) is 4.39 Å². The monoisotopic (exact) mass is 307 g/mol. The number of halogens is 2. The second-order valence-corrected chi connectivity index (χ2v) is 6.29. The van der Waals surface area contributed by atoms with Crippen LogP contribution in [0.2, 0.25) is 5.02 Å². The summed E-state index contributed by atoms with van der Waals surface area (Å²) in [6.45, 7) is 2.22. The molecule has 1 heterocycles. The molecule has 0 radical (unpaired) electrons. The number of hydrogen-bond donors (Lipinski definition) is 1. The number of aromatic nitrogens is 2. The van der Waals surface area contributed by atoms with E-state index in [1.807, 2.05) is 0 Å². The van der Waals surface area contributed by atoms with Gasteiger partial charge in [-0.2, -0.15) is 5.10 Å². The summed E-state index contributed by atoms with van der Waals surface area (Å²) in [5.41, 5.74) is 8.21. The Bertz CT molecular complexity index is 680. The summed E-state index contributed by atoms with van der Waals surface area (Å²) in [7, 11) is 1.80. The van der Waals surface area contributed by atoms with Gasteiger partial charge in [-0.15, -0.1) is 0 Å². The lowest BCUT2D eigenvalue weighted by atomic mass is 9.90. The first-order valence-electron chi connectivity index (χ1n) is 7.27. The highest BCUT2D eigenvalue weighted by molar-refractivity contribution is 6.31. The third-order valence-corrected chi connectivity index (χ3v) is 4.84. The predicted molar refractivity (Wildman–Crippen MR) is 83.8 cm³/mol. The van der Waals surface area contributed by atoms with Crippen molar-refractivity contribution in [1.29, 1.82) is 0 Å². The zero-order valence-corrected chi connectivity index (χ0v) is 13.0. The van der Waals surface area contributed by atoms with Crippen molar-refractivity contribution in [2.75, 3.05) is 5.73 Å². The lowest BCUT2D eigenvalue weighted by Gasteiger charge is -2.15. The summed E-state index contributed by atoms with van der Waals surface area (Å²) in [5.74, 6) is 0.943. The molecular weight excluding hydrogens is 289 g/mol. The lowest BCUT2D eigenvalue weighted by Crippen LogP contribution is -2.05. The molecule has 1 aromatic heterocycles. The molecule has 2 N–H and O–H groups in total. The first kappa shape index (κ1) is 14.4. The van der Waals surface area contributed by atoms with Crippen LogP contribution in [0.4, 0.5) is 10.2 Å². The van der Waals surface area contributed by atoms with Crippen LogP contribution in [0.1, 0.15) is 37.8 Å². The Hall–Kier alpha value is -1.55. The quantitative estimate of drug-likeness (QED) is 0.895. The van der Waals surface area contributed by atoms with E-state index < -0.39 is 5.82 Å². The van der Waals surface area contributed by atoms with Crippen molar-refractivity contribution in [3.8, 4) is 11.1 Å². The Labute approximate surface area is 128 Å². The van der Waals surface area contributed by atoms with Crippen LogP contribution in [0.5, 0.6) is 0 Å². The molecule has 2 unspecified atom stereocenters. The number of aryl methyl sites for hydroxylation is 1. The first-order valence-corrected chi connectivity index (χ1v) is 7.65. The van der Waals surface area contributed by atoms with Crippen LogP contribution < -0.4 is 5.73 Å². The van der Waals surface area contributed by atoms with Gasteiger partial charge in [0.05, 0.1) is 16.3 Å². The average Bonchev–Trinajstić information content (AvgIpc) is 2.99. The van der Waals surface area contributed by atoms with E-state index in [4.69, 9.17) is 17.3 Å². The largest absolute Gasteiger partial charge is 0.383 e. The second-order valence-electron chi connectivity index (χ2n) is 5.89. The summed E-state index contributed by atoms with van der Waals surface area (Å²) in [6, 6.07) is 5.01. The van der Waals surface area contributed by atoms with Gasteiger partial charge in [-0.25, -0.2) is 4.39 Å². The molecule has 0 bridgehead atoms. The highest BCUT2D eigenvalue weighted by Crippen LogP contribution is 2.45. The molecule has 5 heteroatoms. The predicted octanol–water partition coefficient (Wildman–Crippen LogP) is 4.37. The van der Waals surface area contributed by atoms with Gasteiger partial charge >= 0.3 is 0 Å². The summed E-state index contributed by atoms with van der Waals surface area (Å²) < 4.78 is 16.1. The molecule has 21 heavy (non-hydrogen) atoms. The molecule has 2 aromatic rings. The van der Waals surface area contributed by atoms with E-state index in [-0.39, 0.29) is 5.02 Å². The molecule has 3 nitrogen and oxygen atoms in total. The molecule has 3 rings (SSSR count). The van der Waals surface area contributed by atoms with Gasteiger partial charge < -0.3 is 5.73 Å². The Morgan fingerprint density at radius 2 is 2.14 bits per heavy atom. The zero-order valence-electron chi connectivity index (χ0n) is 12.2. The molecule has 0 spiro atoms. The van der Waals surface area contributed by atoms with Crippen molar-refractivity contribution in [2.45, 2.75) is 32.1 Å². The van der Waals surface area contributed by atoms with Crippen LogP contribution in [-0.2, 0) is 7.05 Å². The van der Waals surface area contributed by atoms with Crippen LogP contribution in [0.15, 0.2) is 18.2 Å². The zero-order chi connectivity index (χ0) is 15.1. The molecule has 2 atom stereocenters. The maximum Gasteiger partial charge on any atom is 0.149 e. The lowest BCUT2D eigenvalue weighted by molar-refractivity contribution is 0.516. The van der Waals surface area contributed by atoms with E-state index in [0.717, 1.165) is 12.1 Å². The van der Waals surface area contributed by atoms with Crippen LogP contribution in [-0.4, -0.2) is 9.78 Å². The van der Waals surface area contributed by atoms with E-state index in [2.05, 4.69) is 12.0 Å². The SMILES string of the molecule is CC1CCCC1c1nn(C)c(N)c1-c1cccc(Cl)c1F. The number of benzene rings is 1. The van der Waals surface area contributed by atoms with E-state index >= 15 is 0 Å². The van der Waals surface area contributed by atoms with E-state index in [1.54, 1.807) is 29.9 Å². The minimum absolute atomic E-state index is 0.112. The van der Waals surface area contributed by atoms with Crippen molar-refractivity contribution >= 4 is 17.4 Å². The van der Waals surface area contributed by atoms with Gasteiger partial charge in [0.25, 0.3) is 0 Å². The summed E-state index contributed by atoms with van der Waals surface area (Å²) in [5, 5.41) is 4.68. The third-order valence-electron chi connectivity index (χ3n) is 4.55. The first-order chi connectivity index (χ1) is 10.0. The molecule has 0 aliphatic heterocycles. The van der Waals surface area contributed by atoms with Gasteiger partial charge in [-0.05, 0) is 18.4 Å². The molecule has 1 fully saturated rings. The standard InChI is InChI=1S/C16H19ClFN3/c1-9-5-3-6-10(9)15-13(16(19)21(2)20-15)11-7-4-8-12(17)14(11)18/h4,7-10H,3,5-6,19H2,1-2H3. The highest BCUT2D eigenvalue weighted by Gasteiger charge is 2.32. The van der Waals surface area contributed by atoms with Crippen LogP contribution in [0.3, 0.4) is 0 Å². The van der Waals surface area contributed by atoms with Crippen molar-refractivity contribution in [3.63, 3.8) is 0 Å². The minimum atomic E-state index is -0.425. The Balaban J connectivity index is 2.20. The maximum absolute atomic E-state index is 14.4. The molecular formula is C16H19ClFN3. The molecule has 112 valence electrons. The average molecular weight is 308 g/mol. The van der Waals surface area contributed by atoms with Crippen molar-refractivity contribution in [2.24, 2.45) is 13.0 Å². The van der Waals surface area contributed by atoms with Crippen LogP contribution in [0.25, 0.3) is 11.1 Å². The number of anilines is 1. The molecule has 1 aliphatic carbocycles. The third kappa shape index (κ3) is 2.31. The fourth-order valence-corrected chi connectivity index (χ4v) is 3.52. The molecule has 0 saturated heterocycles. The van der Waals surface area contributed by atoms with Crippen molar-refractivity contribution in [3.05, 3.63) is 34.7 Å². The summed E-state index contributed by atoms with van der Waals surface area (Å²) >= 11 is 5.92. The fourth-order valence-electron chi connectivity index (χ4n) is 3.34. The maximum atomic E-state index is 14.4. The van der Waals surface area contributed by atoms with Gasteiger partial charge in [0.1, 0.15) is 11.6 Å². The van der Waals surface area contributed by atoms with E-state index in [0.29, 0.717) is 28.8 Å². The molecule has 1 aromatic carbocycles. The van der Waals surface area contributed by atoms with Gasteiger partial charge in [-0.3, -0.25) is 4.68 Å². The minimum Gasteiger partial charge on any atom is -0.383 e. The van der Waals surface area contributed by atoms with Gasteiger partial charge in [-0.1, -0.05) is 43.5 Å². The van der Waals surface area contributed by atoms with Gasteiger partial charge in [0.2, 0.25) is 0 Å². The number of hydrogen-bond acceptors (Lipinski definition) is 2. The number of nitrogen functional groups attached to an aromatic ring is 1. The molecule has 1 saturated carbocycles. The Morgan fingerprint density at radius 1 is 1.38 bits per heavy atom. The smallest absolute Gasteiger partial charge is 0.149 e. The van der Waals surface area contributed by atoms with Crippen molar-refractivity contribution in [1.82, 2.24) is 9.78 Å². The second kappa shape index (κ2) is 5.34. The topological polar surface area (TPSA) is 43.8 Å². The number of nitrogens with two attached hydrogens (primary N) is 1. The summed E-state index contributed by atoms with van der Waals surface area (Å²) in [4.78, 5) is 0. The van der Waals surface area contributed by atoms with Crippen LogP contribution >= 0.6 is 11.6 Å². The normalized spacial score (nSPS) is 21.9. The fraction of sp³-hybridized carbons (Fsp3) is 0.438.